The van der Waals surface area contributed by atoms with Crippen molar-refractivity contribution in [2.24, 2.45) is 5.73 Å². The van der Waals surface area contributed by atoms with Gasteiger partial charge < -0.3 is 10.6 Å². The molecule has 1 aromatic carbocycles. The molecule has 0 bridgehead atoms. The molecule has 96 valence electrons. The van der Waals surface area contributed by atoms with Crippen LogP contribution in [0.3, 0.4) is 0 Å². The van der Waals surface area contributed by atoms with Crippen LogP contribution in [0.1, 0.15) is 44.7 Å². The second-order valence-corrected chi connectivity index (χ2v) is 4.62. The van der Waals surface area contributed by atoms with E-state index in [4.69, 9.17) is 5.73 Å². The fourth-order valence-electron chi connectivity index (χ4n) is 1.96. The normalized spacial score (nSPS) is 12.5. The van der Waals surface area contributed by atoms with Gasteiger partial charge in [0.1, 0.15) is 5.82 Å². The highest BCUT2D eigenvalue weighted by atomic mass is 19.1. The quantitative estimate of drug-likeness (QED) is 0.769. The molecule has 0 radical (unpaired) electrons. The van der Waals surface area contributed by atoms with Crippen LogP contribution in [0.2, 0.25) is 0 Å². The lowest BCUT2D eigenvalue weighted by molar-refractivity contribution is 0.621. The van der Waals surface area contributed by atoms with E-state index in [0.29, 0.717) is 0 Å². The van der Waals surface area contributed by atoms with Gasteiger partial charge in [0.2, 0.25) is 0 Å². The number of unbranched alkanes of at least 4 members (excludes halogenated alkanes) is 2. The summed E-state index contributed by atoms with van der Waals surface area (Å²) < 4.78 is 13.2. The first-order chi connectivity index (χ1) is 8.06. The number of hydrogen-bond acceptors (Lipinski definition) is 2. The predicted octanol–water partition coefficient (Wildman–Crippen LogP) is 3.47. The lowest BCUT2D eigenvalue weighted by Crippen LogP contribution is -2.22. The van der Waals surface area contributed by atoms with Gasteiger partial charge in [0.25, 0.3) is 0 Å². The van der Waals surface area contributed by atoms with Crippen LogP contribution in [0.5, 0.6) is 0 Å². The van der Waals surface area contributed by atoms with E-state index < -0.39 is 0 Å². The standard InChI is InChI=1S/C14H23FN2/c1-4-5-6-9-17(3)14-8-7-12(15)10-13(14)11(2)16/h7-8,10-11H,4-6,9,16H2,1-3H3/t11-/m1/s1. The first-order valence-corrected chi connectivity index (χ1v) is 6.32. The maximum absolute atomic E-state index is 13.2. The van der Waals surface area contributed by atoms with Crippen LogP contribution in [0.15, 0.2) is 18.2 Å². The third-order valence-corrected chi connectivity index (χ3v) is 2.99. The van der Waals surface area contributed by atoms with Crippen molar-refractivity contribution in [1.29, 1.82) is 0 Å². The minimum absolute atomic E-state index is 0.144. The Balaban J connectivity index is 2.81. The van der Waals surface area contributed by atoms with Gasteiger partial charge in [-0.25, -0.2) is 4.39 Å². The van der Waals surface area contributed by atoms with E-state index in [1.54, 1.807) is 0 Å². The zero-order chi connectivity index (χ0) is 12.8. The third-order valence-electron chi connectivity index (χ3n) is 2.99. The average Bonchev–Trinajstić information content (AvgIpc) is 2.29. The molecule has 3 heteroatoms. The fraction of sp³-hybridized carbons (Fsp3) is 0.571. The molecule has 1 aromatic rings. The van der Waals surface area contributed by atoms with Crippen molar-refractivity contribution in [3.8, 4) is 0 Å². The van der Waals surface area contributed by atoms with E-state index in [9.17, 15) is 4.39 Å². The third kappa shape index (κ3) is 4.00. The first-order valence-electron chi connectivity index (χ1n) is 6.32. The van der Waals surface area contributed by atoms with Crippen LogP contribution in [0.25, 0.3) is 0 Å². The molecule has 0 fully saturated rings. The summed E-state index contributed by atoms with van der Waals surface area (Å²) in [7, 11) is 2.04. The highest BCUT2D eigenvalue weighted by Gasteiger charge is 2.11. The van der Waals surface area contributed by atoms with Crippen molar-refractivity contribution in [1.82, 2.24) is 0 Å². The summed E-state index contributed by atoms with van der Waals surface area (Å²) in [6.45, 7) is 5.06. The van der Waals surface area contributed by atoms with Gasteiger partial charge in [-0.2, -0.15) is 0 Å². The average molecular weight is 238 g/mol. The number of halogens is 1. The monoisotopic (exact) mass is 238 g/mol. The summed E-state index contributed by atoms with van der Waals surface area (Å²) in [6, 6.07) is 4.71. The second kappa shape index (κ2) is 6.60. The predicted molar refractivity (Wildman–Crippen MR) is 71.8 cm³/mol. The van der Waals surface area contributed by atoms with Crippen LogP contribution in [-0.2, 0) is 0 Å². The Morgan fingerprint density at radius 3 is 2.65 bits per heavy atom. The van der Waals surface area contributed by atoms with Crippen molar-refractivity contribution >= 4 is 5.69 Å². The summed E-state index contributed by atoms with van der Waals surface area (Å²) in [4.78, 5) is 2.16. The Kier molecular flexibility index (Phi) is 5.42. The van der Waals surface area contributed by atoms with E-state index in [0.717, 1.165) is 24.2 Å². The van der Waals surface area contributed by atoms with Gasteiger partial charge in [-0.15, -0.1) is 0 Å². The van der Waals surface area contributed by atoms with Gasteiger partial charge in [0.05, 0.1) is 0 Å². The van der Waals surface area contributed by atoms with E-state index in [-0.39, 0.29) is 11.9 Å². The Bertz CT molecular complexity index is 350. The Morgan fingerprint density at radius 2 is 2.06 bits per heavy atom. The number of rotatable bonds is 6. The molecule has 0 heterocycles. The maximum atomic E-state index is 13.2. The molecule has 0 spiro atoms. The lowest BCUT2D eigenvalue weighted by atomic mass is 10.1. The van der Waals surface area contributed by atoms with Gasteiger partial charge in [0.15, 0.2) is 0 Å². The van der Waals surface area contributed by atoms with Crippen LogP contribution >= 0.6 is 0 Å². The molecular formula is C14H23FN2. The van der Waals surface area contributed by atoms with Crippen LogP contribution < -0.4 is 10.6 Å². The molecule has 2 N–H and O–H groups in total. The van der Waals surface area contributed by atoms with Crippen LogP contribution in [-0.4, -0.2) is 13.6 Å². The summed E-state index contributed by atoms with van der Waals surface area (Å²) in [6.07, 6.45) is 3.58. The number of anilines is 1. The lowest BCUT2D eigenvalue weighted by Gasteiger charge is -2.24. The molecule has 0 aliphatic carbocycles. The van der Waals surface area contributed by atoms with Gasteiger partial charge in [-0.1, -0.05) is 19.8 Å². The largest absolute Gasteiger partial charge is 0.374 e. The molecule has 17 heavy (non-hydrogen) atoms. The molecule has 0 aromatic heterocycles. The first kappa shape index (κ1) is 14.0. The fourth-order valence-corrected chi connectivity index (χ4v) is 1.96. The van der Waals surface area contributed by atoms with E-state index >= 15 is 0 Å². The molecule has 1 rings (SSSR count). The number of nitrogens with two attached hydrogens (primary N) is 1. The molecule has 0 aliphatic heterocycles. The highest BCUT2D eigenvalue weighted by Crippen LogP contribution is 2.25. The number of benzene rings is 1. The SMILES string of the molecule is CCCCCN(C)c1ccc(F)cc1[C@@H](C)N. The van der Waals surface area contributed by atoms with Gasteiger partial charge in [-0.3, -0.25) is 0 Å². The van der Waals surface area contributed by atoms with E-state index in [1.165, 1.54) is 25.0 Å². The molecule has 0 aliphatic rings. The zero-order valence-electron chi connectivity index (χ0n) is 11.0. The van der Waals surface area contributed by atoms with Crippen molar-refractivity contribution in [2.75, 3.05) is 18.5 Å². The highest BCUT2D eigenvalue weighted by molar-refractivity contribution is 5.54. The van der Waals surface area contributed by atoms with Crippen LogP contribution in [0, 0.1) is 5.82 Å². The molecule has 2 nitrogen and oxygen atoms in total. The molecule has 0 saturated carbocycles. The van der Waals surface area contributed by atoms with E-state index in [2.05, 4.69) is 11.8 Å². The van der Waals surface area contributed by atoms with Crippen molar-refractivity contribution < 1.29 is 4.39 Å². The van der Waals surface area contributed by atoms with Crippen molar-refractivity contribution in [3.05, 3.63) is 29.6 Å². The Morgan fingerprint density at radius 1 is 1.35 bits per heavy atom. The van der Waals surface area contributed by atoms with Gasteiger partial charge in [-0.05, 0) is 37.1 Å². The molecule has 1 atom stereocenters. The second-order valence-electron chi connectivity index (χ2n) is 4.62. The van der Waals surface area contributed by atoms with Crippen LogP contribution in [0.4, 0.5) is 10.1 Å². The van der Waals surface area contributed by atoms with Crippen molar-refractivity contribution in [3.63, 3.8) is 0 Å². The minimum atomic E-state index is -0.219. The minimum Gasteiger partial charge on any atom is -0.374 e. The summed E-state index contributed by atoms with van der Waals surface area (Å²) in [5, 5.41) is 0. The number of nitrogens with zero attached hydrogens (tertiary/aromatic N) is 1. The smallest absolute Gasteiger partial charge is 0.123 e. The maximum Gasteiger partial charge on any atom is 0.123 e. The molecule has 0 saturated heterocycles. The van der Waals surface area contributed by atoms with Gasteiger partial charge in [0, 0.05) is 25.3 Å². The number of hydrogen-bond donors (Lipinski definition) is 1. The molecule has 0 unspecified atom stereocenters. The Labute approximate surface area is 104 Å². The van der Waals surface area contributed by atoms with E-state index in [1.807, 2.05) is 20.0 Å². The molecular weight excluding hydrogens is 215 g/mol. The zero-order valence-corrected chi connectivity index (χ0v) is 11.0. The van der Waals surface area contributed by atoms with Gasteiger partial charge >= 0.3 is 0 Å². The van der Waals surface area contributed by atoms with Crippen molar-refractivity contribution in [2.45, 2.75) is 39.2 Å². The Hall–Kier alpha value is -1.09. The molecule has 0 amide bonds. The summed E-state index contributed by atoms with van der Waals surface area (Å²) >= 11 is 0. The topological polar surface area (TPSA) is 29.3 Å². The summed E-state index contributed by atoms with van der Waals surface area (Å²) in [5.74, 6) is -0.219. The summed E-state index contributed by atoms with van der Waals surface area (Å²) in [5.41, 5.74) is 7.80.